The predicted molar refractivity (Wildman–Crippen MR) is 96.0 cm³/mol. The van der Waals surface area contributed by atoms with Crippen LogP contribution in [0.15, 0.2) is 53.6 Å². The van der Waals surface area contributed by atoms with Crippen LogP contribution in [0.2, 0.25) is 0 Å². The number of hydrogen-bond acceptors (Lipinski definition) is 5. The van der Waals surface area contributed by atoms with Crippen LogP contribution in [-0.2, 0) is 10.3 Å². The maximum Gasteiger partial charge on any atom is 0.346 e. The number of nitrogens with one attached hydrogen (secondary N) is 1. The van der Waals surface area contributed by atoms with Gasteiger partial charge in [0.15, 0.2) is 11.5 Å². The summed E-state index contributed by atoms with van der Waals surface area (Å²) in [7, 11) is 1.43. The molecule has 0 unspecified atom stereocenters. The molecular formula is C19H19N3O4. The molecule has 2 N–H and O–H groups in total. The fourth-order valence-corrected chi connectivity index (χ4v) is 2.93. The summed E-state index contributed by atoms with van der Waals surface area (Å²) in [5.74, 6) is -0.162. The Bertz CT molecular complexity index is 866. The lowest BCUT2D eigenvalue weighted by atomic mass is 9.87. The molecule has 1 aliphatic heterocycles. The van der Waals surface area contributed by atoms with Crippen LogP contribution in [0.4, 0.5) is 4.79 Å². The Morgan fingerprint density at radius 2 is 1.96 bits per heavy atom. The Labute approximate surface area is 150 Å². The van der Waals surface area contributed by atoms with Gasteiger partial charge in [-0.1, -0.05) is 37.3 Å². The Morgan fingerprint density at radius 1 is 1.23 bits per heavy atom. The third-order valence-corrected chi connectivity index (χ3v) is 4.39. The van der Waals surface area contributed by atoms with Gasteiger partial charge in [-0.25, -0.2) is 4.79 Å². The molecule has 1 saturated heterocycles. The Hall–Kier alpha value is -3.35. The van der Waals surface area contributed by atoms with Gasteiger partial charge in [0.1, 0.15) is 5.54 Å². The van der Waals surface area contributed by atoms with Crippen molar-refractivity contribution in [2.24, 2.45) is 5.10 Å². The van der Waals surface area contributed by atoms with Crippen molar-refractivity contribution in [2.75, 3.05) is 7.11 Å². The Balaban J connectivity index is 1.90. The van der Waals surface area contributed by atoms with E-state index in [0.717, 1.165) is 5.01 Å². The van der Waals surface area contributed by atoms with Crippen LogP contribution in [0.5, 0.6) is 11.5 Å². The van der Waals surface area contributed by atoms with Crippen molar-refractivity contribution in [3.63, 3.8) is 0 Å². The molecule has 1 aliphatic rings. The molecule has 2 aromatic rings. The minimum atomic E-state index is -1.12. The lowest BCUT2D eigenvalue weighted by Crippen LogP contribution is -2.43. The molecule has 0 spiro atoms. The number of nitrogens with zero attached hydrogens (tertiary/aromatic N) is 2. The molecule has 1 atom stereocenters. The number of methoxy groups -OCH3 is 1. The molecule has 3 amide bonds. The highest BCUT2D eigenvalue weighted by Gasteiger charge is 2.51. The average Bonchev–Trinajstić information content (AvgIpc) is 2.92. The van der Waals surface area contributed by atoms with E-state index >= 15 is 0 Å². The van der Waals surface area contributed by atoms with E-state index in [1.807, 2.05) is 25.1 Å². The van der Waals surface area contributed by atoms with E-state index in [1.54, 1.807) is 24.3 Å². The quantitative estimate of drug-likeness (QED) is 0.638. The van der Waals surface area contributed by atoms with E-state index in [9.17, 15) is 14.7 Å². The predicted octanol–water partition coefficient (Wildman–Crippen LogP) is 2.59. The lowest BCUT2D eigenvalue weighted by molar-refractivity contribution is -0.131. The number of urea groups is 1. The first-order valence-electron chi connectivity index (χ1n) is 8.15. The molecule has 7 nitrogen and oxygen atoms in total. The first kappa shape index (κ1) is 17.5. The van der Waals surface area contributed by atoms with Gasteiger partial charge in [-0.2, -0.15) is 5.10 Å². The highest BCUT2D eigenvalue weighted by atomic mass is 16.5. The number of imide groups is 1. The monoisotopic (exact) mass is 353 g/mol. The van der Waals surface area contributed by atoms with E-state index in [-0.39, 0.29) is 11.5 Å². The molecule has 26 heavy (non-hydrogen) atoms. The molecule has 134 valence electrons. The number of hydrazone groups is 1. The third kappa shape index (κ3) is 2.88. The second-order valence-corrected chi connectivity index (χ2v) is 5.85. The fraction of sp³-hybridized carbons (Fsp3) is 0.211. The van der Waals surface area contributed by atoms with Gasteiger partial charge in [0.05, 0.1) is 13.3 Å². The maximum absolute atomic E-state index is 12.9. The second-order valence-electron chi connectivity index (χ2n) is 5.85. The van der Waals surface area contributed by atoms with Gasteiger partial charge in [-0.15, -0.1) is 5.01 Å². The molecule has 3 rings (SSSR count). The molecule has 0 radical (unpaired) electrons. The molecule has 1 heterocycles. The minimum absolute atomic E-state index is 0.00582. The van der Waals surface area contributed by atoms with Gasteiger partial charge in [-0.05, 0) is 35.7 Å². The molecule has 0 aromatic heterocycles. The van der Waals surface area contributed by atoms with Gasteiger partial charge in [0, 0.05) is 0 Å². The molecule has 1 fully saturated rings. The minimum Gasteiger partial charge on any atom is -0.504 e. The fourth-order valence-electron chi connectivity index (χ4n) is 2.93. The number of ether oxygens (including phenoxy) is 1. The lowest BCUT2D eigenvalue weighted by Gasteiger charge is -2.24. The smallest absolute Gasteiger partial charge is 0.346 e. The topological polar surface area (TPSA) is 91.2 Å². The summed E-state index contributed by atoms with van der Waals surface area (Å²) in [6.45, 7) is 1.84. The normalized spacial score (nSPS) is 19.8. The molecule has 2 aromatic carbocycles. The van der Waals surface area contributed by atoms with Crippen molar-refractivity contribution < 1.29 is 19.4 Å². The molecule has 7 heteroatoms. The number of hydrogen-bond donors (Lipinski definition) is 2. The summed E-state index contributed by atoms with van der Waals surface area (Å²) in [5, 5.41) is 17.3. The van der Waals surface area contributed by atoms with Crippen LogP contribution in [0, 0.1) is 0 Å². The van der Waals surface area contributed by atoms with Crippen molar-refractivity contribution in [2.45, 2.75) is 18.9 Å². The Morgan fingerprint density at radius 3 is 2.62 bits per heavy atom. The van der Waals surface area contributed by atoms with E-state index in [4.69, 9.17) is 4.74 Å². The van der Waals surface area contributed by atoms with Gasteiger partial charge in [-0.3, -0.25) is 4.79 Å². The zero-order chi connectivity index (χ0) is 18.7. The number of aromatic hydroxyl groups is 1. The van der Waals surface area contributed by atoms with Crippen LogP contribution in [0.3, 0.4) is 0 Å². The van der Waals surface area contributed by atoms with Gasteiger partial charge >= 0.3 is 6.03 Å². The molecule has 0 saturated carbocycles. The van der Waals surface area contributed by atoms with Crippen LogP contribution in [0.25, 0.3) is 0 Å². The average molecular weight is 353 g/mol. The largest absolute Gasteiger partial charge is 0.504 e. The first-order valence-corrected chi connectivity index (χ1v) is 8.15. The summed E-state index contributed by atoms with van der Waals surface area (Å²) in [4.78, 5) is 25.3. The van der Waals surface area contributed by atoms with E-state index < -0.39 is 17.5 Å². The van der Waals surface area contributed by atoms with E-state index in [2.05, 4.69) is 10.4 Å². The van der Waals surface area contributed by atoms with Crippen LogP contribution >= 0.6 is 0 Å². The SMILES string of the molecule is CC[C@@]1(c2ccccc2)NC(=O)N(/N=C/c2ccc(O)c(OC)c2)C1=O. The zero-order valence-electron chi connectivity index (χ0n) is 14.5. The van der Waals surface area contributed by atoms with Crippen LogP contribution < -0.4 is 10.1 Å². The van der Waals surface area contributed by atoms with Gasteiger partial charge in [0.25, 0.3) is 5.91 Å². The summed E-state index contributed by atoms with van der Waals surface area (Å²) in [6, 6.07) is 13.1. The highest BCUT2D eigenvalue weighted by Crippen LogP contribution is 2.32. The van der Waals surface area contributed by atoms with E-state index in [1.165, 1.54) is 19.4 Å². The number of rotatable bonds is 5. The summed E-state index contributed by atoms with van der Waals surface area (Å²) in [6.07, 6.45) is 1.77. The number of carbonyl (C=O) groups excluding carboxylic acids is 2. The molecular weight excluding hydrogens is 334 g/mol. The number of amides is 3. The van der Waals surface area contributed by atoms with Crippen molar-refractivity contribution in [1.82, 2.24) is 10.3 Å². The van der Waals surface area contributed by atoms with Crippen molar-refractivity contribution in [3.05, 3.63) is 59.7 Å². The number of phenolic OH excluding ortho intramolecular Hbond substituents is 1. The molecule has 0 aliphatic carbocycles. The first-order chi connectivity index (χ1) is 12.5. The third-order valence-electron chi connectivity index (χ3n) is 4.39. The van der Waals surface area contributed by atoms with Crippen molar-refractivity contribution >= 4 is 18.2 Å². The maximum atomic E-state index is 12.9. The van der Waals surface area contributed by atoms with Crippen molar-refractivity contribution in [1.29, 1.82) is 0 Å². The van der Waals surface area contributed by atoms with Crippen molar-refractivity contribution in [3.8, 4) is 11.5 Å². The summed E-state index contributed by atoms with van der Waals surface area (Å²) >= 11 is 0. The van der Waals surface area contributed by atoms with Crippen LogP contribution in [0.1, 0.15) is 24.5 Å². The highest BCUT2D eigenvalue weighted by molar-refractivity contribution is 6.07. The zero-order valence-corrected chi connectivity index (χ0v) is 14.5. The Kier molecular flexibility index (Phi) is 4.62. The summed E-state index contributed by atoms with van der Waals surface area (Å²) in [5.41, 5.74) is 0.168. The van der Waals surface area contributed by atoms with Gasteiger partial charge < -0.3 is 15.2 Å². The summed E-state index contributed by atoms with van der Waals surface area (Å²) < 4.78 is 5.04. The number of benzene rings is 2. The van der Waals surface area contributed by atoms with Crippen LogP contribution in [-0.4, -0.2) is 35.4 Å². The standard InChI is InChI=1S/C19H19N3O4/c1-3-19(14-7-5-4-6-8-14)17(24)22(18(25)21-19)20-12-13-9-10-15(23)16(11-13)26-2/h4-12,23H,3H2,1-2H3,(H,21,25)/b20-12+/t19-/m0/s1. The number of carbonyl (C=O) groups is 2. The van der Waals surface area contributed by atoms with E-state index in [0.29, 0.717) is 17.5 Å². The molecule has 0 bridgehead atoms. The second kappa shape index (κ2) is 6.87. The van der Waals surface area contributed by atoms with Gasteiger partial charge in [0.2, 0.25) is 0 Å². The number of phenols is 1.